The summed E-state index contributed by atoms with van der Waals surface area (Å²) in [5, 5.41) is 3.19. The molecule has 0 saturated carbocycles. The van der Waals surface area contributed by atoms with Crippen molar-refractivity contribution in [3.8, 4) is 5.75 Å². The Morgan fingerprint density at radius 2 is 1.84 bits per heavy atom. The molecule has 0 atom stereocenters. The molecule has 2 aromatic carbocycles. The predicted octanol–water partition coefficient (Wildman–Crippen LogP) is 3.37. The summed E-state index contributed by atoms with van der Waals surface area (Å²) in [6.07, 6.45) is 0.615. The SMILES string of the molecule is O=Cc1ccccc1OCC(=O)OCC(=O)Nc1ccc(Cl)cc1Cl. The molecule has 0 aliphatic carbocycles. The van der Waals surface area contributed by atoms with E-state index in [1.54, 1.807) is 30.3 Å². The number of aldehydes is 1. The van der Waals surface area contributed by atoms with Gasteiger partial charge in [0, 0.05) is 5.02 Å². The van der Waals surface area contributed by atoms with Gasteiger partial charge in [0.1, 0.15) is 5.75 Å². The molecule has 0 bridgehead atoms. The second kappa shape index (κ2) is 9.05. The highest BCUT2D eigenvalue weighted by Gasteiger charge is 2.11. The fourth-order valence-electron chi connectivity index (χ4n) is 1.81. The fraction of sp³-hybridized carbons (Fsp3) is 0.118. The van der Waals surface area contributed by atoms with Crippen molar-refractivity contribution in [2.24, 2.45) is 0 Å². The lowest BCUT2D eigenvalue weighted by Gasteiger charge is -2.09. The number of halogens is 2. The molecular formula is C17H13Cl2NO5. The van der Waals surface area contributed by atoms with Gasteiger partial charge in [0.2, 0.25) is 0 Å². The Kier molecular flexibility index (Phi) is 6.80. The molecular weight excluding hydrogens is 369 g/mol. The van der Waals surface area contributed by atoms with Crippen LogP contribution in [-0.2, 0) is 14.3 Å². The van der Waals surface area contributed by atoms with E-state index in [0.717, 1.165) is 0 Å². The molecule has 0 spiro atoms. The van der Waals surface area contributed by atoms with E-state index in [-0.39, 0.29) is 10.8 Å². The number of anilines is 1. The van der Waals surface area contributed by atoms with E-state index in [9.17, 15) is 14.4 Å². The molecule has 8 heteroatoms. The summed E-state index contributed by atoms with van der Waals surface area (Å²) in [4.78, 5) is 34.2. The number of hydrogen-bond acceptors (Lipinski definition) is 5. The van der Waals surface area contributed by atoms with E-state index in [2.05, 4.69) is 5.32 Å². The Balaban J connectivity index is 1.79. The van der Waals surface area contributed by atoms with Crippen LogP contribution >= 0.6 is 23.2 Å². The quantitative estimate of drug-likeness (QED) is 0.587. The Morgan fingerprint density at radius 3 is 2.56 bits per heavy atom. The number of amides is 1. The summed E-state index contributed by atoms with van der Waals surface area (Å²) in [5.41, 5.74) is 0.661. The second-order valence-corrected chi connectivity index (χ2v) is 5.62. The van der Waals surface area contributed by atoms with Gasteiger partial charge in [-0.3, -0.25) is 9.59 Å². The molecule has 130 valence electrons. The summed E-state index contributed by atoms with van der Waals surface area (Å²) < 4.78 is 10.0. The molecule has 0 fully saturated rings. The van der Waals surface area contributed by atoms with E-state index in [1.165, 1.54) is 12.1 Å². The molecule has 1 amide bonds. The van der Waals surface area contributed by atoms with Crippen LogP contribution in [0.1, 0.15) is 10.4 Å². The molecule has 0 aliphatic rings. The van der Waals surface area contributed by atoms with Gasteiger partial charge in [0.15, 0.2) is 19.5 Å². The zero-order chi connectivity index (χ0) is 18.2. The highest BCUT2D eigenvalue weighted by Crippen LogP contribution is 2.25. The van der Waals surface area contributed by atoms with Crippen LogP contribution in [-0.4, -0.2) is 31.4 Å². The lowest BCUT2D eigenvalue weighted by molar-refractivity contribution is -0.149. The molecule has 0 saturated heterocycles. The number of nitrogens with one attached hydrogen (secondary N) is 1. The molecule has 0 aliphatic heterocycles. The van der Waals surface area contributed by atoms with Crippen molar-refractivity contribution in [3.63, 3.8) is 0 Å². The number of carbonyl (C=O) groups excluding carboxylic acids is 3. The van der Waals surface area contributed by atoms with Gasteiger partial charge in [0.05, 0.1) is 16.3 Å². The van der Waals surface area contributed by atoms with Crippen LogP contribution in [0.3, 0.4) is 0 Å². The van der Waals surface area contributed by atoms with Gasteiger partial charge < -0.3 is 14.8 Å². The molecule has 2 rings (SSSR count). The first-order valence-electron chi connectivity index (χ1n) is 7.07. The number of carbonyl (C=O) groups is 3. The van der Waals surface area contributed by atoms with Crippen molar-refractivity contribution < 1.29 is 23.9 Å². The summed E-state index contributed by atoms with van der Waals surface area (Å²) in [6, 6.07) is 11.0. The van der Waals surface area contributed by atoms with Crippen LogP contribution < -0.4 is 10.1 Å². The molecule has 6 nitrogen and oxygen atoms in total. The van der Waals surface area contributed by atoms with Crippen molar-refractivity contribution in [2.75, 3.05) is 18.5 Å². The van der Waals surface area contributed by atoms with E-state index in [0.29, 0.717) is 22.6 Å². The molecule has 25 heavy (non-hydrogen) atoms. The Hall–Kier alpha value is -2.57. The summed E-state index contributed by atoms with van der Waals surface area (Å²) >= 11 is 11.7. The van der Waals surface area contributed by atoms with Crippen molar-refractivity contribution in [2.45, 2.75) is 0 Å². The number of esters is 1. The van der Waals surface area contributed by atoms with Crippen LogP contribution in [0.2, 0.25) is 10.0 Å². The van der Waals surface area contributed by atoms with Crippen molar-refractivity contribution in [1.29, 1.82) is 0 Å². The minimum Gasteiger partial charge on any atom is -0.481 e. The van der Waals surface area contributed by atoms with Gasteiger partial charge in [-0.25, -0.2) is 4.79 Å². The predicted molar refractivity (Wildman–Crippen MR) is 93.4 cm³/mol. The van der Waals surface area contributed by atoms with Crippen molar-refractivity contribution >= 4 is 47.1 Å². The van der Waals surface area contributed by atoms with Gasteiger partial charge in [-0.05, 0) is 30.3 Å². The first kappa shape index (κ1) is 18.8. The van der Waals surface area contributed by atoms with Gasteiger partial charge in [-0.15, -0.1) is 0 Å². The average Bonchev–Trinajstić information content (AvgIpc) is 2.60. The van der Waals surface area contributed by atoms with Gasteiger partial charge in [-0.2, -0.15) is 0 Å². The zero-order valence-corrected chi connectivity index (χ0v) is 14.3. The first-order valence-corrected chi connectivity index (χ1v) is 7.82. The topological polar surface area (TPSA) is 81.7 Å². The third-order valence-electron chi connectivity index (χ3n) is 2.96. The first-order chi connectivity index (χ1) is 12.0. The average molecular weight is 382 g/mol. The number of para-hydroxylation sites is 1. The van der Waals surface area contributed by atoms with Gasteiger partial charge in [0.25, 0.3) is 5.91 Å². The van der Waals surface area contributed by atoms with Crippen LogP contribution in [0.5, 0.6) is 5.75 Å². The van der Waals surface area contributed by atoms with Gasteiger partial charge >= 0.3 is 5.97 Å². The number of ether oxygens (including phenoxy) is 2. The highest BCUT2D eigenvalue weighted by atomic mass is 35.5. The fourth-order valence-corrected chi connectivity index (χ4v) is 2.27. The molecule has 0 unspecified atom stereocenters. The number of rotatable bonds is 7. The van der Waals surface area contributed by atoms with Crippen LogP contribution in [0.25, 0.3) is 0 Å². The van der Waals surface area contributed by atoms with Crippen LogP contribution in [0, 0.1) is 0 Å². The lowest BCUT2D eigenvalue weighted by atomic mass is 10.2. The normalized spacial score (nSPS) is 10.0. The Morgan fingerprint density at radius 1 is 1.08 bits per heavy atom. The maximum absolute atomic E-state index is 11.8. The lowest BCUT2D eigenvalue weighted by Crippen LogP contribution is -2.23. The van der Waals surface area contributed by atoms with Crippen LogP contribution in [0.15, 0.2) is 42.5 Å². The van der Waals surface area contributed by atoms with Crippen LogP contribution in [0.4, 0.5) is 5.69 Å². The summed E-state index contributed by atoms with van der Waals surface area (Å²) in [7, 11) is 0. The Bertz CT molecular complexity index is 794. The minimum atomic E-state index is -0.752. The maximum Gasteiger partial charge on any atom is 0.344 e. The molecule has 0 radical (unpaired) electrons. The number of benzene rings is 2. The minimum absolute atomic E-state index is 0.256. The maximum atomic E-state index is 11.8. The molecule has 0 aromatic heterocycles. The standard InChI is InChI=1S/C17H13Cl2NO5/c18-12-5-6-14(13(19)7-12)20-16(22)9-25-17(23)10-24-15-4-2-1-3-11(15)8-21/h1-8H,9-10H2,(H,20,22). The third-order valence-corrected chi connectivity index (χ3v) is 3.51. The molecule has 0 heterocycles. The zero-order valence-electron chi connectivity index (χ0n) is 12.8. The second-order valence-electron chi connectivity index (χ2n) is 4.78. The highest BCUT2D eigenvalue weighted by molar-refractivity contribution is 6.36. The van der Waals surface area contributed by atoms with E-state index >= 15 is 0 Å². The van der Waals surface area contributed by atoms with E-state index in [4.69, 9.17) is 32.7 Å². The summed E-state index contributed by atoms with van der Waals surface area (Å²) in [5.74, 6) is -1.06. The molecule has 1 N–H and O–H groups in total. The molecule has 2 aromatic rings. The Labute approximate surface area is 153 Å². The monoisotopic (exact) mass is 381 g/mol. The van der Waals surface area contributed by atoms with Crippen molar-refractivity contribution in [1.82, 2.24) is 0 Å². The van der Waals surface area contributed by atoms with E-state index < -0.39 is 25.1 Å². The third kappa shape index (κ3) is 5.77. The van der Waals surface area contributed by atoms with E-state index in [1.807, 2.05) is 0 Å². The largest absolute Gasteiger partial charge is 0.481 e. The van der Waals surface area contributed by atoms with Gasteiger partial charge in [-0.1, -0.05) is 35.3 Å². The number of hydrogen-bond donors (Lipinski definition) is 1. The smallest absolute Gasteiger partial charge is 0.344 e. The summed E-state index contributed by atoms with van der Waals surface area (Å²) in [6.45, 7) is -0.934. The van der Waals surface area contributed by atoms with Crippen molar-refractivity contribution in [3.05, 3.63) is 58.1 Å².